The van der Waals surface area contributed by atoms with E-state index in [2.05, 4.69) is 28.0 Å². The van der Waals surface area contributed by atoms with Crippen molar-refractivity contribution in [2.24, 2.45) is 10.2 Å². The highest BCUT2D eigenvalue weighted by Gasteiger charge is 2.22. The molecule has 0 N–H and O–H groups in total. The van der Waals surface area contributed by atoms with E-state index >= 15 is 0 Å². The second kappa shape index (κ2) is 8.46. The first-order chi connectivity index (χ1) is 14.1. The first-order valence-electron chi connectivity index (χ1n) is 8.78. The van der Waals surface area contributed by atoms with Crippen LogP contribution in [0.5, 0.6) is 0 Å². The standard InChI is InChI=1S/C22H15FN4S2/c23-17-12-7-13-18(14-17)24-25-20-19(15-8-3-1-4-9-15)26-27(22(28)29)21(20)16-10-5-2-6-11-16/h1-14H,(H,28,29). The van der Waals surface area contributed by atoms with Crippen LogP contribution in [-0.2, 0) is 0 Å². The first-order valence-corrected chi connectivity index (χ1v) is 9.63. The quantitative estimate of drug-likeness (QED) is 0.224. The lowest BCUT2D eigenvalue weighted by Crippen LogP contribution is -2.05. The van der Waals surface area contributed by atoms with Crippen LogP contribution >= 0.6 is 24.8 Å². The van der Waals surface area contributed by atoms with Crippen LogP contribution in [0.2, 0.25) is 0 Å². The van der Waals surface area contributed by atoms with Gasteiger partial charge in [-0.3, -0.25) is 0 Å². The summed E-state index contributed by atoms with van der Waals surface area (Å²) in [5.74, 6) is -0.375. The summed E-state index contributed by atoms with van der Waals surface area (Å²) in [6, 6.07) is 25.2. The fourth-order valence-corrected chi connectivity index (χ4v) is 3.21. The van der Waals surface area contributed by atoms with Crippen molar-refractivity contribution >= 4 is 40.5 Å². The van der Waals surface area contributed by atoms with E-state index in [9.17, 15) is 4.39 Å². The van der Waals surface area contributed by atoms with Gasteiger partial charge in [0.25, 0.3) is 0 Å². The highest BCUT2D eigenvalue weighted by atomic mass is 32.1. The summed E-state index contributed by atoms with van der Waals surface area (Å²) >= 11 is 9.65. The molecule has 0 aliphatic heterocycles. The maximum Gasteiger partial charge on any atom is 0.158 e. The van der Waals surface area contributed by atoms with Crippen LogP contribution in [-0.4, -0.2) is 14.1 Å². The maximum absolute atomic E-state index is 13.5. The monoisotopic (exact) mass is 418 g/mol. The number of aromatic nitrogens is 2. The fourth-order valence-electron chi connectivity index (χ4n) is 2.93. The average molecular weight is 419 g/mol. The van der Waals surface area contributed by atoms with Crippen molar-refractivity contribution in [2.45, 2.75) is 0 Å². The largest absolute Gasteiger partial charge is 0.213 e. The molecule has 1 aromatic heterocycles. The molecule has 1 heterocycles. The van der Waals surface area contributed by atoms with Gasteiger partial charge >= 0.3 is 0 Å². The molecule has 4 rings (SSSR count). The SMILES string of the molecule is Fc1cccc(N=Nc2c(-c3ccccc3)nn(C(=S)S)c2-c2ccccc2)c1. The van der Waals surface area contributed by atoms with Crippen LogP contribution < -0.4 is 0 Å². The summed E-state index contributed by atoms with van der Waals surface area (Å²) in [4.78, 5) is 0. The summed E-state index contributed by atoms with van der Waals surface area (Å²) in [5.41, 5.74) is 3.95. The molecule has 0 bridgehead atoms. The van der Waals surface area contributed by atoms with Crippen LogP contribution in [0.4, 0.5) is 15.8 Å². The van der Waals surface area contributed by atoms with Gasteiger partial charge in [-0.25, -0.2) is 9.07 Å². The van der Waals surface area contributed by atoms with Gasteiger partial charge in [-0.05, 0) is 12.1 Å². The maximum atomic E-state index is 13.5. The van der Waals surface area contributed by atoms with Crippen LogP contribution in [0, 0.1) is 5.82 Å². The lowest BCUT2D eigenvalue weighted by Gasteiger charge is -2.05. The highest BCUT2D eigenvalue weighted by Crippen LogP contribution is 2.40. The number of halogens is 1. The van der Waals surface area contributed by atoms with E-state index in [1.54, 1.807) is 16.8 Å². The number of hydrogen-bond acceptors (Lipinski definition) is 4. The van der Waals surface area contributed by atoms with Crippen molar-refractivity contribution in [3.05, 3.63) is 90.7 Å². The molecule has 0 spiro atoms. The number of azo groups is 1. The summed E-state index contributed by atoms with van der Waals surface area (Å²) in [7, 11) is 0. The van der Waals surface area contributed by atoms with E-state index < -0.39 is 0 Å². The van der Waals surface area contributed by atoms with Crippen LogP contribution in [0.3, 0.4) is 0 Å². The number of thiol groups is 1. The fraction of sp³-hybridized carbons (Fsp3) is 0. The van der Waals surface area contributed by atoms with Gasteiger partial charge in [-0.2, -0.15) is 10.2 Å². The molecule has 4 nitrogen and oxygen atoms in total. The lowest BCUT2D eigenvalue weighted by atomic mass is 10.1. The Morgan fingerprint density at radius 2 is 1.52 bits per heavy atom. The number of nitrogens with zero attached hydrogens (tertiary/aromatic N) is 4. The molecule has 3 aromatic carbocycles. The van der Waals surface area contributed by atoms with Gasteiger partial charge in [0.15, 0.2) is 4.32 Å². The van der Waals surface area contributed by atoms with Gasteiger partial charge in [0.2, 0.25) is 0 Å². The zero-order valence-corrected chi connectivity index (χ0v) is 16.8. The molecule has 142 valence electrons. The molecule has 0 saturated heterocycles. The lowest BCUT2D eigenvalue weighted by molar-refractivity contribution is 0.628. The molecule has 4 aromatic rings. The number of thiocarbonyl (C=S) groups is 1. The van der Waals surface area contributed by atoms with Crippen molar-refractivity contribution in [2.75, 3.05) is 0 Å². The molecule has 0 aliphatic carbocycles. The summed E-state index contributed by atoms with van der Waals surface area (Å²) < 4.78 is 15.4. The second-order valence-electron chi connectivity index (χ2n) is 6.15. The molecule has 0 amide bonds. The Morgan fingerprint density at radius 1 is 0.862 bits per heavy atom. The Morgan fingerprint density at radius 3 is 2.14 bits per heavy atom. The second-order valence-corrected chi connectivity index (χ2v) is 7.26. The number of rotatable bonds is 4. The third-order valence-electron chi connectivity index (χ3n) is 4.21. The van der Waals surface area contributed by atoms with Crippen molar-refractivity contribution < 1.29 is 4.39 Å². The summed E-state index contributed by atoms with van der Waals surface area (Å²) in [5, 5.41) is 13.4. The van der Waals surface area contributed by atoms with Crippen LogP contribution in [0.1, 0.15) is 0 Å². The molecule has 0 atom stereocenters. The van der Waals surface area contributed by atoms with Gasteiger partial charge in [0.05, 0.1) is 5.69 Å². The van der Waals surface area contributed by atoms with Gasteiger partial charge in [0.1, 0.15) is 22.9 Å². The minimum absolute atomic E-state index is 0.285. The van der Waals surface area contributed by atoms with E-state index in [-0.39, 0.29) is 10.1 Å². The molecule has 0 saturated carbocycles. The van der Waals surface area contributed by atoms with E-state index in [4.69, 9.17) is 12.2 Å². The topological polar surface area (TPSA) is 42.5 Å². The highest BCUT2D eigenvalue weighted by molar-refractivity contribution is 8.11. The van der Waals surface area contributed by atoms with Crippen LogP contribution in [0.25, 0.3) is 22.5 Å². The molecule has 0 aliphatic rings. The minimum atomic E-state index is -0.375. The first kappa shape index (κ1) is 19.2. The smallest absolute Gasteiger partial charge is 0.158 e. The molecule has 0 fully saturated rings. The predicted molar refractivity (Wildman–Crippen MR) is 121 cm³/mol. The molecule has 29 heavy (non-hydrogen) atoms. The molecule has 0 radical (unpaired) electrons. The van der Waals surface area contributed by atoms with E-state index in [0.29, 0.717) is 22.8 Å². The third kappa shape index (κ3) is 4.16. The molecule has 0 unspecified atom stereocenters. The Kier molecular flexibility index (Phi) is 5.59. The van der Waals surface area contributed by atoms with Gasteiger partial charge in [0, 0.05) is 17.2 Å². The predicted octanol–water partition coefficient (Wildman–Crippen LogP) is 6.83. The Balaban J connectivity index is 1.96. The van der Waals surface area contributed by atoms with E-state index in [1.165, 1.54) is 12.1 Å². The van der Waals surface area contributed by atoms with E-state index in [0.717, 1.165) is 11.1 Å². The minimum Gasteiger partial charge on any atom is -0.213 e. The van der Waals surface area contributed by atoms with Gasteiger partial charge < -0.3 is 0 Å². The number of benzene rings is 3. The Bertz CT molecular complexity index is 1190. The summed E-state index contributed by atoms with van der Waals surface area (Å²) in [6.07, 6.45) is 0. The Labute approximate surface area is 178 Å². The Hall–Kier alpha value is -3.16. The van der Waals surface area contributed by atoms with Crippen molar-refractivity contribution in [3.8, 4) is 22.5 Å². The molecular weight excluding hydrogens is 403 g/mol. The van der Waals surface area contributed by atoms with Crippen LogP contribution in [0.15, 0.2) is 95.2 Å². The van der Waals surface area contributed by atoms with Gasteiger partial charge in [-0.15, -0.1) is 17.7 Å². The number of hydrogen-bond donors (Lipinski definition) is 1. The van der Waals surface area contributed by atoms with Gasteiger partial charge in [-0.1, -0.05) is 78.9 Å². The van der Waals surface area contributed by atoms with Crippen molar-refractivity contribution in [1.29, 1.82) is 0 Å². The van der Waals surface area contributed by atoms with Crippen molar-refractivity contribution in [1.82, 2.24) is 9.78 Å². The molecule has 7 heteroatoms. The molecular formula is C22H15FN4S2. The van der Waals surface area contributed by atoms with Crippen molar-refractivity contribution in [3.63, 3.8) is 0 Å². The zero-order chi connectivity index (χ0) is 20.2. The average Bonchev–Trinajstić information content (AvgIpc) is 3.13. The third-order valence-corrected chi connectivity index (χ3v) is 4.57. The zero-order valence-electron chi connectivity index (χ0n) is 15.1. The van der Waals surface area contributed by atoms with E-state index in [1.807, 2.05) is 60.7 Å². The normalized spacial score (nSPS) is 11.1. The summed E-state index contributed by atoms with van der Waals surface area (Å²) in [6.45, 7) is 0.